The average molecular weight is 258 g/mol. The minimum atomic E-state index is -1.15. The van der Waals surface area contributed by atoms with Crippen molar-refractivity contribution in [3.8, 4) is 0 Å². The highest BCUT2D eigenvalue weighted by Crippen LogP contribution is 2.34. The Morgan fingerprint density at radius 1 is 0.875 bits per heavy atom. The monoisotopic (exact) mass is 257 g/mol. The van der Waals surface area contributed by atoms with Gasteiger partial charge in [0.25, 0.3) is 0 Å². The van der Waals surface area contributed by atoms with E-state index in [1.165, 1.54) is 5.71 Å². The summed E-state index contributed by atoms with van der Waals surface area (Å²) in [6, 6.07) is 0. The van der Waals surface area contributed by atoms with Gasteiger partial charge in [0.15, 0.2) is 0 Å². The molecule has 0 rings (SSSR count). The minimum absolute atomic E-state index is 0.0711. The highest BCUT2D eigenvalue weighted by atomic mass is 28.4. The third kappa shape index (κ3) is 5.44. The Morgan fingerprint density at radius 2 is 1.19 bits per heavy atom. The van der Waals surface area contributed by atoms with E-state index in [1.807, 2.05) is 0 Å². The molecule has 1 nitrogen and oxygen atoms in total. The second kappa shape index (κ2) is 4.77. The van der Waals surface area contributed by atoms with E-state index in [0.29, 0.717) is 0 Å². The zero-order valence-corrected chi connectivity index (χ0v) is 15.0. The highest BCUT2D eigenvalue weighted by Gasteiger charge is 2.39. The normalized spacial score (nSPS) is 15.8. The van der Waals surface area contributed by atoms with Gasteiger partial charge in [-0.15, -0.1) is 0 Å². The molecule has 0 heterocycles. The van der Waals surface area contributed by atoms with Gasteiger partial charge < -0.3 is 0 Å². The van der Waals surface area contributed by atoms with Crippen LogP contribution in [0.3, 0.4) is 0 Å². The third-order valence-corrected chi connectivity index (χ3v) is 12.2. The molecule has 0 bridgehead atoms. The Bertz CT molecular complexity index is 247. The number of rotatable bonds is 3. The van der Waals surface area contributed by atoms with Gasteiger partial charge in [-0.25, -0.2) is 0 Å². The maximum Gasteiger partial charge on any atom is 0.0523 e. The van der Waals surface area contributed by atoms with Gasteiger partial charge in [-0.3, -0.25) is 4.99 Å². The summed E-state index contributed by atoms with van der Waals surface area (Å²) >= 11 is 0. The predicted octanol–water partition coefficient (Wildman–Crippen LogP) is 4.83. The first-order valence-corrected chi connectivity index (χ1v) is 13.5. The van der Waals surface area contributed by atoms with E-state index >= 15 is 0 Å². The molecule has 3 heteroatoms. The molecule has 0 aromatic rings. The van der Waals surface area contributed by atoms with Crippen LogP contribution in [-0.4, -0.2) is 27.4 Å². The van der Waals surface area contributed by atoms with Crippen LogP contribution in [0.15, 0.2) is 4.99 Å². The summed E-state index contributed by atoms with van der Waals surface area (Å²) in [5.74, 6) is 0. The van der Waals surface area contributed by atoms with Crippen molar-refractivity contribution in [1.29, 1.82) is 0 Å². The van der Waals surface area contributed by atoms with Crippen LogP contribution in [-0.2, 0) is 0 Å². The van der Waals surface area contributed by atoms with Crippen LogP contribution in [0.25, 0.3) is 0 Å². The van der Waals surface area contributed by atoms with E-state index in [-0.39, 0.29) is 5.54 Å². The first-order chi connectivity index (χ1) is 6.75. The fraction of sp³-hybridized carbons (Fsp3) is 0.923. The van der Waals surface area contributed by atoms with Gasteiger partial charge in [-0.1, -0.05) is 39.3 Å². The van der Waals surface area contributed by atoms with Crippen LogP contribution in [0.1, 0.15) is 27.7 Å². The quantitative estimate of drug-likeness (QED) is 0.507. The molecule has 0 aliphatic rings. The van der Waals surface area contributed by atoms with Crippen molar-refractivity contribution in [2.24, 2.45) is 4.99 Å². The molecule has 0 radical (unpaired) electrons. The molecule has 0 saturated heterocycles. The molecule has 0 N–H and O–H groups in total. The predicted molar refractivity (Wildman–Crippen MR) is 83.3 cm³/mol. The van der Waals surface area contributed by atoms with Crippen molar-refractivity contribution >= 4 is 21.9 Å². The maximum absolute atomic E-state index is 4.93. The largest absolute Gasteiger partial charge is 0.289 e. The van der Waals surface area contributed by atoms with Gasteiger partial charge in [0.1, 0.15) is 0 Å². The lowest BCUT2D eigenvalue weighted by Gasteiger charge is -2.39. The van der Waals surface area contributed by atoms with Crippen LogP contribution < -0.4 is 0 Å². The van der Waals surface area contributed by atoms with Crippen LogP contribution in [0.5, 0.6) is 0 Å². The number of hydrogen-bond acceptors (Lipinski definition) is 1. The standard InChI is InChI=1S/C13H31NSi2/c1-11(14-13(2,3)4)12(15(5,6)7)16(8,9)10/h12H,1-10H3. The maximum atomic E-state index is 4.93. The molecule has 0 atom stereocenters. The Hall–Kier alpha value is 0.104. The van der Waals surface area contributed by atoms with Gasteiger partial charge in [0.2, 0.25) is 0 Å². The topological polar surface area (TPSA) is 12.4 Å². The van der Waals surface area contributed by atoms with E-state index in [1.54, 1.807) is 0 Å². The zero-order chi connectivity index (χ0) is 13.4. The lowest BCUT2D eigenvalue weighted by atomic mass is 10.1. The molecule has 0 amide bonds. The summed E-state index contributed by atoms with van der Waals surface area (Å²) in [5, 5.41) is 0.791. The van der Waals surface area contributed by atoms with Gasteiger partial charge >= 0.3 is 0 Å². The SMILES string of the molecule is CC(=NC(C)(C)C)C([Si](C)(C)C)[Si](C)(C)C. The van der Waals surface area contributed by atoms with E-state index in [4.69, 9.17) is 4.99 Å². The van der Waals surface area contributed by atoms with Gasteiger partial charge in [-0.2, -0.15) is 0 Å². The summed E-state index contributed by atoms with van der Waals surface area (Å²) < 4.78 is 0. The summed E-state index contributed by atoms with van der Waals surface area (Å²) in [4.78, 5) is 4.93. The molecular formula is C13H31NSi2. The molecule has 16 heavy (non-hydrogen) atoms. The smallest absolute Gasteiger partial charge is 0.0523 e. The lowest BCUT2D eigenvalue weighted by Crippen LogP contribution is -2.47. The summed E-state index contributed by atoms with van der Waals surface area (Å²) in [6.45, 7) is 23.7. The van der Waals surface area contributed by atoms with Crippen LogP contribution >= 0.6 is 0 Å². The van der Waals surface area contributed by atoms with Gasteiger partial charge in [0, 0.05) is 5.71 Å². The average Bonchev–Trinajstić information content (AvgIpc) is 1.70. The van der Waals surface area contributed by atoms with E-state index in [0.717, 1.165) is 5.16 Å². The van der Waals surface area contributed by atoms with Crippen LogP contribution in [0.2, 0.25) is 44.4 Å². The fourth-order valence-electron chi connectivity index (χ4n) is 3.15. The second-order valence-electron chi connectivity index (χ2n) is 8.09. The van der Waals surface area contributed by atoms with Gasteiger partial charge in [-0.05, 0) is 32.9 Å². The van der Waals surface area contributed by atoms with Crippen LogP contribution in [0, 0.1) is 0 Å². The molecule has 0 aromatic heterocycles. The molecule has 0 aromatic carbocycles. The van der Waals surface area contributed by atoms with Crippen LogP contribution in [0.4, 0.5) is 0 Å². The van der Waals surface area contributed by atoms with E-state index in [9.17, 15) is 0 Å². The molecule has 96 valence electrons. The van der Waals surface area contributed by atoms with Crippen molar-refractivity contribution in [3.05, 3.63) is 0 Å². The Balaban J connectivity index is 5.33. The molecular weight excluding hydrogens is 226 g/mol. The molecule has 0 spiro atoms. The van der Waals surface area contributed by atoms with Crippen molar-refractivity contribution in [2.45, 2.75) is 77.7 Å². The molecule has 0 unspecified atom stereocenters. The Morgan fingerprint density at radius 3 is 1.38 bits per heavy atom. The Kier molecular flexibility index (Phi) is 4.80. The molecule has 0 saturated carbocycles. The first kappa shape index (κ1) is 16.1. The molecule has 0 fully saturated rings. The minimum Gasteiger partial charge on any atom is -0.289 e. The number of aliphatic imine (C=N–C) groups is 1. The zero-order valence-electron chi connectivity index (χ0n) is 13.0. The molecule has 0 aliphatic carbocycles. The summed E-state index contributed by atoms with van der Waals surface area (Å²) in [6.07, 6.45) is 0. The van der Waals surface area contributed by atoms with Crippen molar-refractivity contribution in [3.63, 3.8) is 0 Å². The van der Waals surface area contributed by atoms with Gasteiger partial charge in [0.05, 0.1) is 21.7 Å². The lowest BCUT2D eigenvalue weighted by molar-refractivity contribution is 0.582. The number of nitrogens with zero attached hydrogens (tertiary/aromatic N) is 1. The summed E-state index contributed by atoms with van der Waals surface area (Å²) in [5.41, 5.74) is 1.48. The van der Waals surface area contributed by atoms with E-state index in [2.05, 4.69) is 67.0 Å². The highest BCUT2D eigenvalue weighted by molar-refractivity contribution is 7.00. The first-order valence-electron chi connectivity index (χ1n) is 6.31. The van der Waals surface area contributed by atoms with Crippen molar-refractivity contribution in [2.75, 3.05) is 0 Å². The summed E-state index contributed by atoms with van der Waals surface area (Å²) in [7, 11) is -2.31. The molecule has 0 aliphatic heterocycles. The number of hydrogen-bond donors (Lipinski definition) is 0. The third-order valence-electron chi connectivity index (χ3n) is 2.66. The van der Waals surface area contributed by atoms with E-state index < -0.39 is 16.1 Å². The van der Waals surface area contributed by atoms with Crippen molar-refractivity contribution in [1.82, 2.24) is 0 Å². The Labute approximate surface area is 105 Å². The fourth-order valence-corrected chi connectivity index (χ4v) is 16.2. The van der Waals surface area contributed by atoms with Crippen molar-refractivity contribution < 1.29 is 0 Å². The second-order valence-corrected chi connectivity index (χ2v) is 19.3.